The van der Waals surface area contributed by atoms with E-state index in [0.29, 0.717) is 0 Å². The van der Waals surface area contributed by atoms with Gasteiger partial charge in [0.15, 0.2) is 4.34 Å². The van der Waals surface area contributed by atoms with Crippen LogP contribution in [0.3, 0.4) is 0 Å². The number of thioether (sulfide) groups is 1. The molecule has 0 fully saturated rings. The molecule has 0 aliphatic heterocycles. The molecule has 0 saturated heterocycles. The van der Waals surface area contributed by atoms with Crippen molar-refractivity contribution in [3.63, 3.8) is 0 Å². The molecular weight excluding hydrogens is 340 g/mol. The van der Waals surface area contributed by atoms with Crippen LogP contribution in [-0.4, -0.2) is 26.9 Å². The molecule has 1 heterocycles. The van der Waals surface area contributed by atoms with Gasteiger partial charge in [0.1, 0.15) is 0 Å². The van der Waals surface area contributed by atoms with E-state index in [2.05, 4.69) is 34.7 Å². The van der Waals surface area contributed by atoms with Gasteiger partial charge in [-0.05, 0) is 46.2 Å². The molecule has 0 saturated carbocycles. The van der Waals surface area contributed by atoms with E-state index >= 15 is 0 Å². The van der Waals surface area contributed by atoms with Crippen LogP contribution in [0.1, 0.15) is 39.7 Å². The first kappa shape index (κ1) is 18.7. The molecule has 130 valence electrons. The average Bonchev–Trinajstić information content (AvgIpc) is 2.96. The second kappa shape index (κ2) is 7.98. The molecule has 0 aliphatic carbocycles. The predicted octanol–water partition coefficient (Wildman–Crippen LogP) is 4.38. The molecule has 1 aromatic carbocycles. The first-order valence-corrected chi connectivity index (χ1v) is 9.64. The van der Waals surface area contributed by atoms with Gasteiger partial charge in [-0.15, -0.1) is 10.2 Å². The van der Waals surface area contributed by atoms with Crippen molar-refractivity contribution in [3.8, 4) is 0 Å². The third-order valence-electron chi connectivity index (χ3n) is 3.70. The number of benzene rings is 1. The Balaban J connectivity index is 1.93. The van der Waals surface area contributed by atoms with Crippen LogP contribution in [0.5, 0.6) is 0 Å². The molecule has 1 amide bonds. The predicted molar refractivity (Wildman–Crippen MR) is 102 cm³/mol. The Morgan fingerprint density at radius 1 is 1.29 bits per heavy atom. The summed E-state index contributed by atoms with van der Waals surface area (Å²) in [4.78, 5) is 12.3. The fourth-order valence-electron chi connectivity index (χ4n) is 1.80. The van der Waals surface area contributed by atoms with Crippen molar-refractivity contribution < 1.29 is 4.79 Å². The van der Waals surface area contributed by atoms with Crippen molar-refractivity contribution in [3.05, 3.63) is 29.8 Å². The Morgan fingerprint density at radius 3 is 2.58 bits per heavy atom. The normalized spacial score (nSPS) is 12.7. The van der Waals surface area contributed by atoms with Crippen molar-refractivity contribution in [2.75, 3.05) is 5.32 Å². The molecule has 0 radical (unpaired) electrons. The van der Waals surface area contributed by atoms with Gasteiger partial charge in [-0.25, -0.2) is 0 Å². The average molecular weight is 365 g/mol. The minimum atomic E-state index is -0.212. The number of carbonyl (C=O) groups is 1. The highest BCUT2D eigenvalue weighted by molar-refractivity contribution is 8.02. The van der Waals surface area contributed by atoms with Crippen molar-refractivity contribution in [1.29, 1.82) is 0 Å². The number of carbonyl (C=O) groups excluding carboxylic acids is 1. The van der Waals surface area contributed by atoms with Crippen LogP contribution in [-0.2, 0) is 4.79 Å². The van der Waals surface area contributed by atoms with E-state index in [1.165, 1.54) is 28.7 Å². The highest BCUT2D eigenvalue weighted by atomic mass is 32.2. The van der Waals surface area contributed by atoms with Crippen LogP contribution >= 0.6 is 23.1 Å². The molecule has 2 N–H and O–H groups in total. The minimum absolute atomic E-state index is 0.0232. The summed E-state index contributed by atoms with van der Waals surface area (Å²) in [6.07, 6.45) is 0.888. The van der Waals surface area contributed by atoms with E-state index in [1.807, 2.05) is 45.0 Å². The van der Waals surface area contributed by atoms with Gasteiger partial charge in [0, 0.05) is 11.2 Å². The van der Waals surface area contributed by atoms with Crippen molar-refractivity contribution >= 4 is 39.8 Å². The molecular formula is C17H24N4OS2. The molecule has 0 aliphatic rings. The Morgan fingerprint density at radius 2 is 1.96 bits per heavy atom. The quantitative estimate of drug-likeness (QED) is 0.714. The third kappa shape index (κ3) is 5.49. The number of hydrogen-bond acceptors (Lipinski definition) is 6. The zero-order valence-electron chi connectivity index (χ0n) is 14.7. The number of anilines is 2. The SMILES string of the molecule is CCC(C)(C)NC(=O)C(C)Sc1nnc(Nc2ccc(C)cc2)s1. The first-order chi connectivity index (χ1) is 11.3. The molecule has 1 atom stereocenters. The van der Waals surface area contributed by atoms with Crippen LogP contribution < -0.4 is 10.6 Å². The van der Waals surface area contributed by atoms with Gasteiger partial charge in [0.25, 0.3) is 0 Å². The number of aromatic nitrogens is 2. The lowest BCUT2D eigenvalue weighted by atomic mass is 10.0. The van der Waals surface area contributed by atoms with Gasteiger partial charge in [0.2, 0.25) is 11.0 Å². The Labute approximate surface area is 151 Å². The summed E-state index contributed by atoms with van der Waals surface area (Å²) >= 11 is 2.88. The Hall–Kier alpha value is -1.60. The number of nitrogens with zero attached hydrogens (tertiary/aromatic N) is 2. The van der Waals surface area contributed by atoms with E-state index in [9.17, 15) is 4.79 Å². The number of nitrogens with one attached hydrogen (secondary N) is 2. The zero-order valence-corrected chi connectivity index (χ0v) is 16.3. The molecule has 24 heavy (non-hydrogen) atoms. The van der Waals surface area contributed by atoms with Gasteiger partial charge in [-0.3, -0.25) is 4.79 Å². The van der Waals surface area contributed by atoms with Gasteiger partial charge in [0.05, 0.1) is 5.25 Å². The second-order valence-corrected chi connectivity index (χ2v) is 8.92. The molecule has 2 aromatic rings. The Bertz CT molecular complexity index is 682. The first-order valence-electron chi connectivity index (χ1n) is 7.95. The zero-order chi connectivity index (χ0) is 17.7. The molecule has 0 spiro atoms. The summed E-state index contributed by atoms with van der Waals surface area (Å²) in [7, 11) is 0. The summed E-state index contributed by atoms with van der Waals surface area (Å²) in [6.45, 7) is 10.1. The minimum Gasteiger partial charge on any atom is -0.350 e. The van der Waals surface area contributed by atoms with E-state index < -0.39 is 0 Å². The van der Waals surface area contributed by atoms with Crippen molar-refractivity contribution in [2.24, 2.45) is 0 Å². The van der Waals surface area contributed by atoms with Crippen LogP contribution in [0.2, 0.25) is 0 Å². The fourth-order valence-corrected chi connectivity index (χ4v) is 3.71. The molecule has 0 bridgehead atoms. The number of aryl methyl sites for hydroxylation is 1. The van der Waals surface area contributed by atoms with Crippen LogP contribution in [0.4, 0.5) is 10.8 Å². The summed E-state index contributed by atoms with van der Waals surface area (Å²) in [5, 5.41) is 15.1. The topological polar surface area (TPSA) is 66.9 Å². The van der Waals surface area contributed by atoms with Gasteiger partial charge in [-0.2, -0.15) is 0 Å². The lowest BCUT2D eigenvalue weighted by Gasteiger charge is -2.26. The van der Waals surface area contributed by atoms with Gasteiger partial charge in [-0.1, -0.05) is 47.7 Å². The maximum Gasteiger partial charge on any atom is 0.233 e. The molecule has 2 rings (SSSR count). The highest BCUT2D eigenvalue weighted by Crippen LogP contribution is 2.30. The molecule has 7 heteroatoms. The third-order valence-corrected chi connectivity index (χ3v) is 5.72. The van der Waals surface area contributed by atoms with E-state index in [0.717, 1.165) is 21.6 Å². The van der Waals surface area contributed by atoms with Gasteiger partial charge < -0.3 is 10.6 Å². The number of hydrogen-bond donors (Lipinski definition) is 2. The van der Waals surface area contributed by atoms with Crippen LogP contribution in [0, 0.1) is 6.92 Å². The lowest BCUT2D eigenvalue weighted by Crippen LogP contribution is -2.46. The van der Waals surface area contributed by atoms with Gasteiger partial charge >= 0.3 is 0 Å². The number of amides is 1. The fraction of sp³-hybridized carbons (Fsp3) is 0.471. The molecule has 1 aromatic heterocycles. The Kier molecular flexibility index (Phi) is 6.23. The largest absolute Gasteiger partial charge is 0.350 e. The maximum absolute atomic E-state index is 12.3. The van der Waals surface area contributed by atoms with E-state index in [-0.39, 0.29) is 16.7 Å². The summed E-state index contributed by atoms with van der Waals surface area (Å²) < 4.78 is 0.779. The summed E-state index contributed by atoms with van der Waals surface area (Å²) in [5.74, 6) is 0.0232. The maximum atomic E-state index is 12.3. The summed E-state index contributed by atoms with van der Waals surface area (Å²) in [6, 6.07) is 8.10. The van der Waals surface area contributed by atoms with Crippen LogP contribution in [0.15, 0.2) is 28.6 Å². The van der Waals surface area contributed by atoms with Crippen molar-refractivity contribution in [2.45, 2.75) is 56.2 Å². The number of rotatable bonds is 7. The second-order valence-electron chi connectivity index (χ2n) is 6.35. The summed E-state index contributed by atoms with van der Waals surface area (Å²) in [5.41, 5.74) is 2.00. The van der Waals surface area contributed by atoms with Crippen LogP contribution in [0.25, 0.3) is 0 Å². The van der Waals surface area contributed by atoms with E-state index in [1.54, 1.807) is 0 Å². The highest BCUT2D eigenvalue weighted by Gasteiger charge is 2.23. The van der Waals surface area contributed by atoms with Crippen molar-refractivity contribution in [1.82, 2.24) is 15.5 Å². The molecule has 1 unspecified atom stereocenters. The standard InChI is InChI=1S/C17H24N4OS2/c1-6-17(4,5)19-14(22)12(3)23-16-21-20-15(24-16)18-13-9-7-11(2)8-10-13/h7-10,12H,6H2,1-5H3,(H,18,20)(H,19,22). The van der Waals surface area contributed by atoms with E-state index in [4.69, 9.17) is 0 Å². The molecule has 5 nitrogen and oxygen atoms in total. The lowest BCUT2D eigenvalue weighted by molar-refractivity contribution is -0.121. The smallest absolute Gasteiger partial charge is 0.233 e. The monoisotopic (exact) mass is 364 g/mol.